The molecule has 31 heavy (non-hydrogen) atoms. The number of hydrogen-bond acceptors (Lipinski definition) is 4. The Balaban J connectivity index is 1.60. The lowest BCUT2D eigenvalue weighted by atomic mass is 10.0. The van der Waals surface area contributed by atoms with E-state index in [2.05, 4.69) is 27.7 Å². The van der Waals surface area contributed by atoms with E-state index in [0.29, 0.717) is 5.69 Å². The summed E-state index contributed by atoms with van der Waals surface area (Å²) in [4.78, 5) is 26.5. The zero-order valence-corrected chi connectivity index (χ0v) is 17.7. The first kappa shape index (κ1) is 21.9. The van der Waals surface area contributed by atoms with E-state index in [1.54, 1.807) is 0 Å². The minimum Gasteiger partial charge on any atom is -0.469 e. The number of hydrogen-bond donors (Lipinski definition) is 2. The van der Waals surface area contributed by atoms with Crippen LogP contribution < -0.4 is 15.5 Å². The molecule has 2 N–H and O–H groups in total. The number of benzene rings is 3. The van der Waals surface area contributed by atoms with E-state index in [1.807, 2.05) is 79.8 Å². The van der Waals surface area contributed by atoms with E-state index >= 15 is 0 Å². The fourth-order valence-corrected chi connectivity index (χ4v) is 3.26. The Morgan fingerprint density at radius 3 is 2.13 bits per heavy atom. The minimum absolute atomic E-state index is 0.0527. The van der Waals surface area contributed by atoms with Crippen molar-refractivity contribution in [1.82, 2.24) is 5.32 Å². The van der Waals surface area contributed by atoms with Gasteiger partial charge in [0, 0.05) is 25.0 Å². The third-order valence-corrected chi connectivity index (χ3v) is 4.93. The molecule has 6 nitrogen and oxygen atoms in total. The second-order valence-electron chi connectivity index (χ2n) is 7.23. The van der Waals surface area contributed by atoms with Crippen molar-refractivity contribution in [3.8, 4) is 0 Å². The van der Waals surface area contributed by atoms with E-state index in [4.69, 9.17) is 4.74 Å². The number of esters is 1. The third kappa shape index (κ3) is 6.60. The molecule has 0 saturated heterocycles. The van der Waals surface area contributed by atoms with E-state index in [0.717, 1.165) is 17.8 Å². The number of rotatable bonds is 8. The summed E-state index contributed by atoms with van der Waals surface area (Å²) in [6.45, 7) is 0.792. The molecule has 3 rings (SSSR count). The molecule has 160 valence electrons. The van der Waals surface area contributed by atoms with Gasteiger partial charge in [-0.05, 0) is 35.4 Å². The second-order valence-corrected chi connectivity index (χ2v) is 7.23. The van der Waals surface area contributed by atoms with Gasteiger partial charge < -0.3 is 20.3 Å². The summed E-state index contributed by atoms with van der Waals surface area (Å²) >= 11 is 0. The molecule has 1 unspecified atom stereocenters. The fourth-order valence-electron chi connectivity index (χ4n) is 3.26. The molecular formula is C25H27N3O3. The number of anilines is 2. The number of methoxy groups -OCH3 is 1. The lowest BCUT2D eigenvalue weighted by Gasteiger charge is -2.20. The van der Waals surface area contributed by atoms with Gasteiger partial charge in [0.1, 0.15) is 0 Å². The number of amides is 2. The van der Waals surface area contributed by atoms with Crippen LogP contribution in [-0.4, -0.2) is 26.2 Å². The predicted molar refractivity (Wildman–Crippen MR) is 123 cm³/mol. The topological polar surface area (TPSA) is 70.7 Å². The summed E-state index contributed by atoms with van der Waals surface area (Å²) in [5.74, 6) is -0.389. The first-order chi connectivity index (χ1) is 15.0. The van der Waals surface area contributed by atoms with Crippen molar-refractivity contribution in [1.29, 1.82) is 0 Å². The standard InChI is InChI=1S/C25H27N3O3/c1-28(18-19-9-5-3-6-10-19)22-15-13-21(14-16-22)26-25(30)27-23(17-24(29)31-2)20-11-7-4-8-12-20/h3-16,23H,17-18H2,1-2H3,(H2,26,27,30). The summed E-state index contributed by atoms with van der Waals surface area (Å²) in [5.41, 5.74) is 3.77. The Bertz CT molecular complexity index is 976. The number of urea groups is 1. The molecule has 0 aliphatic heterocycles. The van der Waals surface area contributed by atoms with Crippen molar-refractivity contribution in [2.45, 2.75) is 19.0 Å². The summed E-state index contributed by atoms with van der Waals surface area (Å²) in [6, 6.07) is 26.3. The van der Waals surface area contributed by atoms with Gasteiger partial charge in [0.25, 0.3) is 0 Å². The number of nitrogens with one attached hydrogen (secondary N) is 2. The first-order valence-electron chi connectivity index (χ1n) is 10.1. The molecule has 1 atom stereocenters. The Labute approximate surface area is 182 Å². The molecule has 0 saturated carbocycles. The van der Waals surface area contributed by atoms with Crippen molar-refractivity contribution in [3.63, 3.8) is 0 Å². The highest BCUT2D eigenvalue weighted by molar-refractivity contribution is 5.90. The van der Waals surface area contributed by atoms with Gasteiger partial charge >= 0.3 is 12.0 Å². The minimum atomic E-state index is -0.482. The second kappa shape index (κ2) is 10.8. The highest BCUT2D eigenvalue weighted by atomic mass is 16.5. The Morgan fingerprint density at radius 1 is 0.903 bits per heavy atom. The van der Waals surface area contributed by atoms with E-state index in [-0.39, 0.29) is 18.4 Å². The maximum atomic E-state index is 12.5. The maximum Gasteiger partial charge on any atom is 0.319 e. The zero-order valence-electron chi connectivity index (χ0n) is 17.7. The van der Waals surface area contributed by atoms with Crippen LogP contribution in [-0.2, 0) is 16.1 Å². The summed E-state index contributed by atoms with van der Waals surface area (Å²) < 4.78 is 4.76. The predicted octanol–water partition coefficient (Wildman–Crippen LogP) is 4.75. The number of carbonyl (C=O) groups excluding carboxylic acids is 2. The van der Waals surface area contributed by atoms with Crippen LogP contribution in [0.2, 0.25) is 0 Å². The van der Waals surface area contributed by atoms with Crippen molar-refractivity contribution in [2.24, 2.45) is 0 Å². The molecule has 3 aromatic carbocycles. The van der Waals surface area contributed by atoms with Gasteiger partial charge in [-0.2, -0.15) is 0 Å². The van der Waals surface area contributed by atoms with Gasteiger partial charge in [-0.3, -0.25) is 4.79 Å². The number of ether oxygens (including phenoxy) is 1. The molecule has 2 amide bonds. The maximum absolute atomic E-state index is 12.5. The average Bonchev–Trinajstić information content (AvgIpc) is 2.80. The fraction of sp³-hybridized carbons (Fsp3) is 0.200. The summed E-state index contributed by atoms with van der Waals surface area (Å²) in [5, 5.41) is 5.68. The molecule has 0 radical (unpaired) electrons. The molecule has 0 spiro atoms. The van der Waals surface area contributed by atoms with Crippen molar-refractivity contribution >= 4 is 23.4 Å². The smallest absolute Gasteiger partial charge is 0.319 e. The van der Waals surface area contributed by atoms with Crippen molar-refractivity contribution < 1.29 is 14.3 Å². The van der Waals surface area contributed by atoms with Gasteiger partial charge in [-0.1, -0.05) is 60.7 Å². The van der Waals surface area contributed by atoms with Gasteiger partial charge in [0.2, 0.25) is 0 Å². The zero-order chi connectivity index (χ0) is 22.1. The normalized spacial score (nSPS) is 11.3. The molecule has 6 heteroatoms. The molecule has 0 bridgehead atoms. The van der Waals surface area contributed by atoms with Crippen LogP contribution in [0.15, 0.2) is 84.9 Å². The van der Waals surface area contributed by atoms with E-state index in [1.165, 1.54) is 12.7 Å². The Kier molecular flexibility index (Phi) is 7.65. The Morgan fingerprint density at radius 2 is 1.52 bits per heavy atom. The SMILES string of the molecule is COC(=O)CC(NC(=O)Nc1ccc(N(C)Cc2ccccc2)cc1)c1ccccc1. The van der Waals surface area contributed by atoms with Crippen LogP contribution in [0.5, 0.6) is 0 Å². The van der Waals surface area contributed by atoms with Gasteiger partial charge in [0.05, 0.1) is 19.6 Å². The molecule has 0 aromatic heterocycles. The molecule has 0 heterocycles. The van der Waals surface area contributed by atoms with Crippen LogP contribution in [0.25, 0.3) is 0 Å². The number of carbonyl (C=O) groups is 2. The highest BCUT2D eigenvalue weighted by Gasteiger charge is 2.19. The van der Waals surface area contributed by atoms with Crippen LogP contribution in [0.1, 0.15) is 23.6 Å². The largest absolute Gasteiger partial charge is 0.469 e. The molecule has 0 fully saturated rings. The monoisotopic (exact) mass is 417 g/mol. The summed E-state index contributed by atoms with van der Waals surface area (Å²) in [6.07, 6.45) is 0.0527. The molecule has 0 aliphatic carbocycles. The highest BCUT2D eigenvalue weighted by Crippen LogP contribution is 2.20. The summed E-state index contributed by atoms with van der Waals surface area (Å²) in [7, 11) is 3.36. The lowest BCUT2D eigenvalue weighted by Crippen LogP contribution is -2.34. The van der Waals surface area contributed by atoms with Crippen molar-refractivity contribution in [3.05, 3.63) is 96.1 Å². The van der Waals surface area contributed by atoms with E-state index in [9.17, 15) is 9.59 Å². The van der Waals surface area contributed by atoms with Gasteiger partial charge in [-0.25, -0.2) is 4.79 Å². The lowest BCUT2D eigenvalue weighted by molar-refractivity contribution is -0.141. The van der Waals surface area contributed by atoms with Crippen LogP contribution in [0, 0.1) is 0 Å². The number of nitrogens with zero attached hydrogens (tertiary/aromatic N) is 1. The van der Waals surface area contributed by atoms with Crippen LogP contribution >= 0.6 is 0 Å². The van der Waals surface area contributed by atoms with E-state index < -0.39 is 6.04 Å². The average molecular weight is 418 g/mol. The Hall–Kier alpha value is -3.80. The van der Waals surface area contributed by atoms with Crippen LogP contribution in [0.3, 0.4) is 0 Å². The van der Waals surface area contributed by atoms with Crippen molar-refractivity contribution in [2.75, 3.05) is 24.4 Å². The quantitative estimate of drug-likeness (QED) is 0.519. The van der Waals surface area contributed by atoms with Crippen LogP contribution in [0.4, 0.5) is 16.2 Å². The van der Waals surface area contributed by atoms with Gasteiger partial charge in [0.15, 0.2) is 0 Å². The molecular weight excluding hydrogens is 390 g/mol. The van der Waals surface area contributed by atoms with Gasteiger partial charge in [-0.15, -0.1) is 0 Å². The first-order valence-corrected chi connectivity index (χ1v) is 10.1. The third-order valence-electron chi connectivity index (χ3n) is 4.93. The molecule has 0 aliphatic rings. The molecule has 3 aromatic rings.